The van der Waals surface area contributed by atoms with E-state index in [0.717, 1.165) is 6.04 Å². The zero-order chi connectivity index (χ0) is 13.2. The Hall–Kier alpha value is -0.0800. The highest BCUT2D eigenvalue weighted by atomic mass is 15.2. The summed E-state index contributed by atoms with van der Waals surface area (Å²) in [5.41, 5.74) is 0.949. The van der Waals surface area contributed by atoms with E-state index in [9.17, 15) is 0 Å². The van der Waals surface area contributed by atoms with Crippen LogP contribution in [0.4, 0.5) is 0 Å². The number of rotatable bonds is 3. The fourth-order valence-corrected chi connectivity index (χ4v) is 3.76. The molecule has 1 unspecified atom stereocenters. The first-order chi connectivity index (χ1) is 8.40. The molecule has 1 atom stereocenters. The van der Waals surface area contributed by atoms with Crippen molar-refractivity contribution >= 4 is 0 Å². The van der Waals surface area contributed by atoms with Crippen molar-refractivity contribution in [3.63, 3.8) is 0 Å². The summed E-state index contributed by atoms with van der Waals surface area (Å²) in [6.45, 7) is 9.69. The minimum atomic E-state index is 0.361. The summed E-state index contributed by atoms with van der Waals surface area (Å²) in [5, 5.41) is 3.74. The summed E-state index contributed by atoms with van der Waals surface area (Å²) < 4.78 is 0. The molecular formula is C16H32N2. The highest BCUT2D eigenvalue weighted by Gasteiger charge is 2.33. The van der Waals surface area contributed by atoms with E-state index < -0.39 is 0 Å². The Kier molecular flexibility index (Phi) is 4.38. The molecule has 2 nitrogen and oxygen atoms in total. The molecule has 0 aromatic rings. The fraction of sp³-hybridized carbons (Fsp3) is 1.00. The quantitative estimate of drug-likeness (QED) is 0.828. The van der Waals surface area contributed by atoms with Gasteiger partial charge in [0.25, 0.3) is 0 Å². The van der Waals surface area contributed by atoms with Gasteiger partial charge in [-0.05, 0) is 64.5 Å². The molecule has 0 radical (unpaired) electrons. The lowest BCUT2D eigenvalue weighted by molar-refractivity contribution is 0.0940. The molecule has 0 bridgehead atoms. The Morgan fingerprint density at radius 3 is 2.28 bits per heavy atom. The van der Waals surface area contributed by atoms with Gasteiger partial charge in [-0.3, -0.25) is 0 Å². The van der Waals surface area contributed by atoms with Gasteiger partial charge in [0.2, 0.25) is 0 Å². The van der Waals surface area contributed by atoms with E-state index >= 15 is 0 Å². The first kappa shape index (κ1) is 14.3. The van der Waals surface area contributed by atoms with Crippen molar-refractivity contribution in [1.82, 2.24) is 10.2 Å². The van der Waals surface area contributed by atoms with Gasteiger partial charge < -0.3 is 10.2 Å². The van der Waals surface area contributed by atoms with E-state index in [1.807, 2.05) is 0 Å². The largest absolute Gasteiger partial charge is 0.310 e. The van der Waals surface area contributed by atoms with Gasteiger partial charge in [0.05, 0.1) is 0 Å². The van der Waals surface area contributed by atoms with Crippen LogP contribution in [0.1, 0.15) is 65.7 Å². The Labute approximate surface area is 114 Å². The summed E-state index contributed by atoms with van der Waals surface area (Å²) in [4.78, 5) is 2.63. The predicted octanol–water partition coefficient (Wildman–Crippen LogP) is 3.42. The third kappa shape index (κ3) is 3.71. The molecule has 2 rings (SSSR count). The van der Waals surface area contributed by atoms with Crippen LogP contribution < -0.4 is 5.32 Å². The average molecular weight is 252 g/mol. The van der Waals surface area contributed by atoms with E-state index in [4.69, 9.17) is 0 Å². The third-order valence-corrected chi connectivity index (χ3v) is 5.24. The van der Waals surface area contributed by atoms with Crippen molar-refractivity contribution in [3.8, 4) is 0 Å². The third-order valence-electron chi connectivity index (χ3n) is 5.24. The maximum absolute atomic E-state index is 3.74. The average Bonchev–Trinajstić information content (AvgIpc) is 2.29. The van der Waals surface area contributed by atoms with Crippen LogP contribution in [0.5, 0.6) is 0 Å². The number of nitrogens with one attached hydrogen (secondary N) is 1. The Balaban J connectivity index is 1.82. The van der Waals surface area contributed by atoms with E-state index in [-0.39, 0.29) is 0 Å². The number of nitrogens with zero attached hydrogens (tertiary/aromatic N) is 1. The van der Waals surface area contributed by atoms with Crippen LogP contribution in [0.2, 0.25) is 0 Å². The zero-order valence-corrected chi connectivity index (χ0v) is 12.9. The molecule has 1 aliphatic carbocycles. The number of piperidine rings is 1. The second-order valence-corrected chi connectivity index (χ2v) is 7.76. The van der Waals surface area contributed by atoms with Gasteiger partial charge in [-0.15, -0.1) is 0 Å². The highest BCUT2D eigenvalue weighted by molar-refractivity contribution is 4.91. The highest BCUT2D eigenvalue weighted by Crippen LogP contribution is 2.37. The molecule has 1 saturated heterocycles. The van der Waals surface area contributed by atoms with Crippen molar-refractivity contribution < 1.29 is 0 Å². The van der Waals surface area contributed by atoms with Crippen molar-refractivity contribution in [1.29, 1.82) is 0 Å². The van der Waals surface area contributed by atoms with Crippen LogP contribution in [0, 0.1) is 5.41 Å². The van der Waals surface area contributed by atoms with Crippen LogP contribution in [0.3, 0.4) is 0 Å². The maximum Gasteiger partial charge on any atom is 0.0280 e. The van der Waals surface area contributed by atoms with Crippen LogP contribution in [-0.2, 0) is 0 Å². The second kappa shape index (κ2) is 5.50. The van der Waals surface area contributed by atoms with Gasteiger partial charge >= 0.3 is 0 Å². The maximum atomic E-state index is 3.74. The molecule has 1 N–H and O–H groups in total. The molecule has 0 aromatic carbocycles. The lowest BCUT2D eigenvalue weighted by Gasteiger charge is -2.43. The summed E-state index contributed by atoms with van der Waals surface area (Å²) in [6, 6.07) is 0.818. The summed E-state index contributed by atoms with van der Waals surface area (Å²) >= 11 is 0. The topological polar surface area (TPSA) is 15.3 Å². The lowest BCUT2D eigenvalue weighted by atomic mass is 9.75. The van der Waals surface area contributed by atoms with Crippen LogP contribution >= 0.6 is 0 Å². The molecule has 1 heterocycles. The first-order valence-electron chi connectivity index (χ1n) is 7.86. The summed E-state index contributed by atoms with van der Waals surface area (Å²) in [6.07, 6.45) is 9.67. The normalized spacial score (nSPS) is 33.8. The Morgan fingerprint density at radius 2 is 1.72 bits per heavy atom. The van der Waals surface area contributed by atoms with Gasteiger partial charge in [-0.25, -0.2) is 0 Å². The van der Waals surface area contributed by atoms with Gasteiger partial charge in [0.1, 0.15) is 0 Å². The van der Waals surface area contributed by atoms with E-state index in [2.05, 4.69) is 38.0 Å². The number of hydrogen-bond acceptors (Lipinski definition) is 2. The van der Waals surface area contributed by atoms with Gasteiger partial charge in [0, 0.05) is 18.1 Å². The summed E-state index contributed by atoms with van der Waals surface area (Å²) in [5.74, 6) is 0. The lowest BCUT2D eigenvalue weighted by Crippen LogP contribution is -2.55. The monoisotopic (exact) mass is 252 g/mol. The molecule has 0 aromatic heterocycles. The summed E-state index contributed by atoms with van der Waals surface area (Å²) in [7, 11) is 2.34. The van der Waals surface area contributed by atoms with Crippen LogP contribution in [0.15, 0.2) is 0 Å². The SMILES string of the molecule is CN(CC1(C)CCCCN1)C1CCC(C)(C)CC1. The Morgan fingerprint density at radius 1 is 1.06 bits per heavy atom. The molecule has 0 amide bonds. The van der Waals surface area contributed by atoms with E-state index in [1.165, 1.54) is 58.0 Å². The smallest absolute Gasteiger partial charge is 0.0280 e. The fourth-order valence-electron chi connectivity index (χ4n) is 3.76. The molecule has 2 aliphatic rings. The molecule has 2 fully saturated rings. The molecule has 106 valence electrons. The van der Waals surface area contributed by atoms with Crippen molar-refractivity contribution in [3.05, 3.63) is 0 Å². The number of likely N-dealkylation sites (N-methyl/N-ethyl adjacent to an activating group) is 1. The molecule has 0 spiro atoms. The molecular weight excluding hydrogens is 220 g/mol. The molecule has 2 heteroatoms. The first-order valence-corrected chi connectivity index (χ1v) is 7.86. The standard InChI is InChI=1S/C16H32N2/c1-15(2)10-7-14(8-11-15)18(4)13-16(3)9-5-6-12-17-16/h14,17H,5-13H2,1-4H3. The van der Waals surface area contributed by atoms with Gasteiger partial charge in [0.15, 0.2) is 0 Å². The Bertz CT molecular complexity index is 256. The van der Waals surface area contributed by atoms with Crippen molar-refractivity contribution in [2.24, 2.45) is 5.41 Å². The van der Waals surface area contributed by atoms with Gasteiger partial charge in [-0.2, -0.15) is 0 Å². The minimum absolute atomic E-state index is 0.361. The second-order valence-electron chi connectivity index (χ2n) is 7.76. The van der Waals surface area contributed by atoms with E-state index in [1.54, 1.807) is 0 Å². The van der Waals surface area contributed by atoms with Gasteiger partial charge in [-0.1, -0.05) is 20.3 Å². The zero-order valence-electron chi connectivity index (χ0n) is 12.9. The van der Waals surface area contributed by atoms with Crippen molar-refractivity contribution in [2.45, 2.75) is 77.3 Å². The van der Waals surface area contributed by atoms with Crippen LogP contribution in [-0.4, -0.2) is 36.6 Å². The number of hydrogen-bond donors (Lipinski definition) is 1. The molecule has 1 aliphatic heterocycles. The molecule has 18 heavy (non-hydrogen) atoms. The van der Waals surface area contributed by atoms with Crippen LogP contribution in [0.25, 0.3) is 0 Å². The van der Waals surface area contributed by atoms with E-state index in [0.29, 0.717) is 11.0 Å². The molecule has 1 saturated carbocycles. The minimum Gasteiger partial charge on any atom is -0.310 e. The predicted molar refractivity (Wildman–Crippen MR) is 78.9 cm³/mol. The van der Waals surface area contributed by atoms with Crippen molar-refractivity contribution in [2.75, 3.05) is 20.1 Å².